The fraction of sp³-hybridized carbons (Fsp3) is 0.0833. The molecule has 0 saturated carbocycles. The Labute approximate surface area is 178 Å². The fourth-order valence-corrected chi connectivity index (χ4v) is 3.26. The highest BCUT2D eigenvalue weighted by molar-refractivity contribution is 6.31. The van der Waals surface area contributed by atoms with Crippen LogP contribution in [0.2, 0.25) is 5.02 Å². The Morgan fingerprint density at radius 3 is 2.50 bits per heavy atom. The molecule has 4 rings (SSSR count). The van der Waals surface area contributed by atoms with Crippen molar-refractivity contribution in [3.63, 3.8) is 0 Å². The normalized spacial score (nSPS) is 11.5. The molecule has 0 bridgehead atoms. The monoisotopic (exact) mass is 419 g/mol. The first-order valence-corrected chi connectivity index (χ1v) is 9.56. The first-order chi connectivity index (χ1) is 14.6. The molecule has 1 aromatic heterocycles. The number of nitrogens with zero attached hydrogens (tertiary/aromatic N) is 1. The summed E-state index contributed by atoms with van der Waals surface area (Å²) in [6.07, 6.45) is 0. The second kappa shape index (κ2) is 8.43. The number of methoxy groups -OCH3 is 2. The van der Waals surface area contributed by atoms with Crippen LogP contribution in [-0.4, -0.2) is 20.2 Å². The molecule has 0 radical (unpaired) electrons. The number of hydrogen-bond donors (Lipinski definition) is 0. The van der Waals surface area contributed by atoms with E-state index < -0.39 is 5.97 Å². The zero-order valence-corrected chi connectivity index (χ0v) is 17.1. The summed E-state index contributed by atoms with van der Waals surface area (Å²) in [6.45, 7) is 0. The van der Waals surface area contributed by atoms with Crippen LogP contribution in [0.5, 0.6) is 5.75 Å². The average Bonchev–Trinajstić information content (AvgIpc) is 2.79. The van der Waals surface area contributed by atoms with Crippen LogP contribution in [-0.2, 0) is 4.74 Å². The summed E-state index contributed by atoms with van der Waals surface area (Å²) >= 11 is 6.21. The lowest BCUT2D eigenvalue weighted by molar-refractivity contribution is 0.0601. The minimum absolute atomic E-state index is 0.415. The lowest BCUT2D eigenvalue weighted by Crippen LogP contribution is -2.04. The third-order valence-electron chi connectivity index (χ3n) is 4.60. The fourth-order valence-electron chi connectivity index (χ4n) is 3.09. The van der Waals surface area contributed by atoms with Crippen LogP contribution in [0, 0.1) is 0 Å². The molecule has 0 saturated heterocycles. The molecule has 0 N–H and O–H groups in total. The van der Waals surface area contributed by atoms with Crippen molar-refractivity contribution in [2.45, 2.75) is 0 Å². The number of halogens is 1. The Hall–Kier alpha value is -3.57. The number of carbonyl (C=O) groups excluding carboxylic acids is 1. The summed E-state index contributed by atoms with van der Waals surface area (Å²) in [5.74, 6) is 0.994. The van der Waals surface area contributed by atoms with Crippen LogP contribution in [0.4, 0.5) is 5.69 Å². The number of carbonyl (C=O) groups is 1. The molecule has 4 aromatic rings. The van der Waals surface area contributed by atoms with E-state index in [1.807, 2.05) is 42.5 Å². The van der Waals surface area contributed by atoms with Crippen LogP contribution >= 0.6 is 11.6 Å². The van der Waals surface area contributed by atoms with E-state index in [1.54, 1.807) is 37.4 Å². The minimum atomic E-state index is -0.415. The van der Waals surface area contributed by atoms with Gasteiger partial charge in [0.05, 0.1) is 30.8 Å². The van der Waals surface area contributed by atoms with Gasteiger partial charge in [-0.15, -0.1) is 0 Å². The smallest absolute Gasteiger partial charge is 0.337 e. The van der Waals surface area contributed by atoms with Gasteiger partial charge in [0.2, 0.25) is 0 Å². The van der Waals surface area contributed by atoms with Gasteiger partial charge in [-0.25, -0.2) is 9.79 Å². The Bertz CT molecular complexity index is 1290. The molecule has 0 aliphatic heterocycles. The van der Waals surface area contributed by atoms with Gasteiger partial charge in [0, 0.05) is 22.0 Å². The standard InChI is InChI=1S/C24H18ClNO4/c1-28-19-9-6-15(7-10-19)23-14-21(20-13-17(25)8-11-22(20)30-23)26-18-5-3-4-16(12-18)24(27)29-2/h3-14H,1-2H3. The van der Waals surface area contributed by atoms with Gasteiger partial charge in [0.25, 0.3) is 0 Å². The van der Waals surface area contributed by atoms with E-state index in [4.69, 9.17) is 30.5 Å². The second-order valence-corrected chi connectivity index (χ2v) is 6.96. The molecule has 0 atom stereocenters. The highest BCUT2D eigenvalue weighted by Gasteiger charge is 2.09. The van der Waals surface area contributed by atoms with Crippen molar-refractivity contribution in [2.75, 3.05) is 14.2 Å². The molecule has 0 aliphatic carbocycles. The maximum Gasteiger partial charge on any atom is 0.337 e. The summed E-state index contributed by atoms with van der Waals surface area (Å²) in [6, 6.07) is 21.8. The predicted molar refractivity (Wildman–Crippen MR) is 116 cm³/mol. The van der Waals surface area contributed by atoms with Crippen LogP contribution in [0.25, 0.3) is 22.3 Å². The number of hydrogen-bond acceptors (Lipinski definition) is 5. The molecule has 0 unspecified atom stereocenters. The first-order valence-electron chi connectivity index (χ1n) is 9.18. The zero-order chi connectivity index (χ0) is 21.1. The van der Waals surface area contributed by atoms with E-state index in [1.165, 1.54) is 7.11 Å². The van der Waals surface area contributed by atoms with Crippen molar-refractivity contribution >= 4 is 34.2 Å². The Morgan fingerprint density at radius 2 is 1.77 bits per heavy atom. The van der Waals surface area contributed by atoms with Gasteiger partial charge < -0.3 is 13.9 Å². The third kappa shape index (κ3) is 4.07. The summed E-state index contributed by atoms with van der Waals surface area (Å²) in [5, 5.41) is 2.02. The quantitative estimate of drug-likeness (QED) is 0.393. The first kappa shape index (κ1) is 19.7. The van der Waals surface area contributed by atoms with E-state index in [2.05, 4.69) is 0 Å². The molecule has 150 valence electrons. The van der Waals surface area contributed by atoms with Crippen molar-refractivity contribution in [3.05, 3.63) is 88.7 Å². The van der Waals surface area contributed by atoms with Crippen LogP contribution in [0.1, 0.15) is 10.4 Å². The highest BCUT2D eigenvalue weighted by atomic mass is 35.5. The van der Waals surface area contributed by atoms with Crippen LogP contribution < -0.4 is 10.1 Å². The molecular weight excluding hydrogens is 402 g/mol. The molecule has 0 amide bonds. The van der Waals surface area contributed by atoms with Gasteiger partial charge in [-0.2, -0.15) is 0 Å². The van der Waals surface area contributed by atoms with Gasteiger partial charge in [0.1, 0.15) is 17.1 Å². The minimum Gasteiger partial charge on any atom is -0.497 e. The second-order valence-electron chi connectivity index (χ2n) is 6.52. The molecule has 0 spiro atoms. The van der Waals surface area contributed by atoms with Crippen molar-refractivity contribution in [1.29, 1.82) is 0 Å². The van der Waals surface area contributed by atoms with Gasteiger partial charge in [0.15, 0.2) is 0 Å². The van der Waals surface area contributed by atoms with Gasteiger partial charge in [-0.3, -0.25) is 0 Å². The topological polar surface area (TPSA) is 61.0 Å². The van der Waals surface area contributed by atoms with Crippen molar-refractivity contribution in [3.8, 4) is 17.1 Å². The Morgan fingerprint density at radius 1 is 0.967 bits per heavy atom. The molecule has 0 fully saturated rings. The van der Waals surface area contributed by atoms with Crippen LogP contribution in [0.3, 0.4) is 0 Å². The van der Waals surface area contributed by atoms with Gasteiger partial charge in [-0.1, -0.05) is 17.7 Å². The summed E-state index contributed by atoms with van der Waals surface area (Å²) in [5.41, 5.74) is 2.58. The lowest BCUT2D eigenvalue weighted by Gasteiger charge is -2.07. The van der Waals surface area contributed by atoms with E-state index in [-0.39, 0.29) is 0 Å². The molecule has 0 aliphatic rings. The van der Waals surface area contributed by atoms with Gasteiger partial charge >= 0.3 is 5.97 Å². The maximum absolute atomic E-state index is 11.9. The number of benzene rings is 3. The maximum atomic E-state index is 11.9. The molecule has 30 heavy (non-hydrogen) atoms. The average molecular weight is 420 g/mol. The number of rotatable bonds is 4. The molecule has 5 nitrogen and oxygen atoms in total. The van der Waals surface area contributed by atoms with Crippen LogP contribution in [0.15, 0.2) is 82.2 Å². The Balaban J connectivity index is 1.92. The largest absolute Gasteiger partial charge is 0.497 e. The molecule has 3 aromatic carbocycles. The van der Waals surface area contributed by atoms with E-state index in [0.717, 1.165) is 16.7 Å². The van der Waals surface area contributed by atoms with E-state index in [0.29, 0.717) is 33.0 Å². The van der Waals surface area contributed by atoms with Crippen molar-refractivity contribution in [1.82, 2.24) is 0 Å². The molecule has 1 heterocycles. The number of fused-ring (bicyclic) bond motifs is 1. The zero-order valence-electron chi connectivity index (χ0n) is 16.4. The van der Waals surface area contributed by atoms with Crippen molar-refractivity contribution in [2.24, 2.45) is 4.99 Å². The number of ether oxygens (including phenoxy) is 2. The van der Waals surface area contributed by atoms with E-state index >= 15 is 0 Å². The Kier molecular flexibility index (Phi) is 5.55. The summed E-state index contributed by atoms with van der Waals surface area (Å²) in [4.78, 5) is 16.6. The van der Waals surface area contributed by atoms with E-state index in [9.17, 15) is 4.79 Å². The third-order valence-corrected chi connectivity index (χ3v) is 4.83. The summed E-state index contributed by atoms with van der Waals surface area (Å²) < 4.78 is 16.1. The highest BCUT2D eigenvalue weighted by Crippen LogP contribution is 2.26. The predicted octanol–water partition coefficient (Wildman–Crippen LogP) is 5.78. The number of esters is 1. The lowest BCUT2D eigenvalue weighted by atomic mass is 10.1. The SMILES string of the molecule is COC(=O)c1cccc(N=c2cc(-c3ccc(OC)cc3)oc3ccc(Cl)cc23)c1. The van der Waals surface area contributed by atoms with Crippen molar-refractivity contribution < 1.29 is 18.7 Å². The molecular formula is C24H18ClNO4. The summed E-state index contributed by atoms with van der Waals surface area (Å²) in [7, 11) is 2.97. The molecule has 6 heteroatoms. The van der Waals surface area contributed by atoms with Gasteiger partial charge in [-0.05, 0) is 60.7 Å².